The Kier molecular flexibility index (Phi) is 12.8. The van der Waals surface area contributed by atoms with Crippen molar-refractivity contribution in [3.8, 4) is 97.4 Å². The molecule has 0 saturated heterocycles. The molecule has 0 aliphatic rings. The van der Waals surface area contributed by atoms with Gasteiger partial charge in [-0.15, -0.1) is 0 Å². The van der Waals surface area contributed by atoms with Crippen LogP contribution in [-0.4, -0.2) is 9.13 Å². The summed E-state index contributed by atoms with van der Waals surface area (Å²) >= 11 is 0. The lowest BCUT2D eigenvalue weighted by Crippen LogP contribution is -2.08. The quantitative estimate of drug-likeness (QED) is 0.146. The zero-order valence-corrected chi connectivity index (χ0v) is 44.3. The van der Waals surface area contributed by atoms with Crippen LogP contribution in [0, 0.1) is 89.9 Å². The molecule has 0 bridgehead atoms. The van der Waals surface area contributed by atoms with Gasteiger partial charge in [-0.25, -0.2) is 19.4 Å². The molecule has 0 aliphatic carbocycles. The number of hydrogen-bond acceptors (Lipinski definition) is 5. The monoisotopic (exact) mass is 1100 g/mol. The first-order chi connectivity index (χ1) is 41.1. The Morgan fingerprint density at radius 2 is 0.635 bits per heavy atom. The van der Waals surface area contributed by atoms with E-state index in [0.717, 1.165) is 12.1 Å². The van der Waals surface area contributed by atoms with E-state index >= 15 is 13.2 Å². The third kappa shape index (κ3) is 9.27. The van der Waals surface area contributed by atoms with Gasteiger partial charge in [-0.05, 0) is 184 Å². The van der Waals surface area contributed by atoms with Crippen molar-refractivity contribution in [1.82, 2.24) is 9.13 Å². The number of rotatable bonds is 7. The minimum atomic E-state index is -4.82. The first kappa shape index (κ1) is 52.7. The molecule has 85 heavy (non-hydrogen) atoms. The molecular formula is C71H32F3N11. The summed E-state index contributed by atoms with van der Waals surface area (Å²) in [5, 5.41) is 54.4. The van der Waals surface area contributed by atoms with Gasteiger partial charge in [0.1, 0.15) is 0 Å². The average Bonchev–Trinajstić information content (AvgIpc) is 2.30. The second kappa shape index (κ2) is 20.6. The minimum Gasteiger partial charge on any atom is -0.308 e. The van der Waals surface area contributed by atoms with Crippen molar-refractivity contribution < 1.29 is 13.2 Å². The molecule has 11 nitrogen and oxygen atoms in total. The highest BCUT2D eigenvalue weighted by atomic mass is 19.4. The van der Waals surface area contributed by atoms with Crippen molar-refractivity contribution >= 4 is 66.4 Å². The highest BCUT2D eigenvalue weighted by Crippen LogP contribution is 2.47. The fraction of sp³-hybridized carbons (Fsp3) is 0.0282. The first-order valence-electron chi connectivity index (χ1n) is 25.8. The summed E-state index contributed by atoms with van der Waals surface area (Å²) < 4.78 is 50.0. The number of nitriles is 5. The molecule has 0 atom stereocenters. The number of hydrogen-bond donors (Lipinski definition) is 0. The van der Waals surface area contributed by atoms with Gasteiger partial charge in [0.05, 0.1) is 101 Å². The van der Waals surface area contributed by atoms with Crippen LogP contribution < -0.4 is 0 Å². The highest BCUT2D eigenvalue weighted by Gasteiger charge is 2.33. The van der Waals surface area contributed by atoms with E-state index in [1.807, 2.05) is 81.9 Å². The van der Waals surface area contributed by atoms with E-state index < -0.39 is 11.7 Å². The number of alkyl halides is 3. The SMILES string of the molecule is [C-]#[N+]c1cc(C#N)cc(-c2ccc3c4ccc(-c5cc(C#N)cc([N+]#[C-])c5)cc4n(-c4cc(C#N)cc(-n5c6cc(-c7cc(C#N)cc([N+]#[C-])c7)ccc6c6ccc(-c7cc(C#N)cc([N+]#[C-])c7)cc65)c4-c4cc(C)cc(C(F)(F)F)c4)c3c2)c1. The summed E-state index contributed by atoms with van der Waals surface area (Å²) in [5.41, 5.74) is 8.71. The van der Waals surface area contributed by atoms with Crippen LogP contribution >= 0.6 is 0 Å². The van der Waals surface area contributed by atoms with Crippen molar-refractivity contribution in [2.75, 3.05) is 0 Å². The molecule has 0 radical (unpaired) electrons. The molecule has 0 saturated carbocycles. The number of fused-ring (bicyclic) bond motifs is 6. The standard InChI is InChI=1S/C71H32F3N11/c1-40-14-54(26-55(15-40)71(72,73)74)70-68(84-64-31-46(50-16-41(35-75)20-56(27-50)80-2)6-10-60(64)61-11-7-47(32-65(61)84)51-17-42(36-76)21-57(28-51)81-3)24-45(39-79)25-69(70)85-66-33-48(52-18-43(37-77)22-58(29-52)82-4)8-12-62(66)63-13-9-49(34-67(63)85)53-19-44(38-78)23-59(30-53)83-5/h6-34H,1H3. The lowest BCUT2D eigenvalue weighted by Gasteiger charge is -2.22. The molecule has 12 aromatic rings. The van der Waals surface area contributed by atoms with Gasteiger partial charge in [0.15, 0.2) is 22.7 Å². The van der Waals surface area contributed by atoms with Gasteiger partial charge in [0.25, 0.3) is 0 Å². The molecule has 0 fully saturated rings. The van der Waals surface area contributed by atoms with Gasteiger partial charge in [-0.1, -0.05) is 54.6 Å². The summed E-state index contributed by atoms with van der Waals surface area (Å²) in [5.74, 6) is 0. The van der Waals surface area contributed by atoms with Crippen molar-refractivity contribution in [1.29, 1.82) is 26.3 Å². The Bertz CT molecular complexity index is 4690. The second-order valence-electron chi connectivity index (χ2n) is 20.2. The van der Waals surface area contributed by atoms with Gasteiger partial charge in [0, 0.05) is 49.4 Å². The topological polar surface area (TPSA) is 146 Å². The summed E-state index contributed by atoms with van der Waals surface area (Å²) in [6.45, 7) is 33.1. The maximum Gasteiger partial charge on any atom is 0.416 e. The van der Waals surface area contributed by atoms with Crippen LogP contribution in [-0.2, 0) is 6.18 Å². The van der Waals surface area contributed by atoms with Gasteiger partial charge in [-0.3, -0.25) is 0 Å². The van der Waals surface area contributed by atoms with E-state index in [1.54, 1.807) is 73.7 Å². The van der Waals surface area contributed by atoms with Gasteiger partial charge >= 0.3 is 6.18 Å². The van der Waals surface area contributed by atoms with Gasteiger partial charge in [0.2, 0.25) is 0 Å². The van der Waals surface area contributed by atoms with Crippen LogP contribution in [0.4, 0.5) is 35.9 Å². The van der Waals surface area contributed by atoms with Crippen molar-refractivity contribution in [2.24, 2.45) is 0 Å². The van der Waals surface area contributed by atoms with E-state index in [-0.39, 0.29) is 78.6 Å². The average molecular weight is 1100 g/mol. The first-order valence-corrected chi connectivity index (χ1v) is 25.8. The molecule has 12 rings (SSSR count). The number of aromatic nitrogens is 2. The second-order valence-corrected chi connectivity index (χ2v) is 20.2. The maximum absolute atomic E-state index is 15.4. The number of halogens is 3. The Morgan fingerprint density at radius 3 is 0.906 bits per heavy atom. The number of nitrogens with zero attached hydrogens (tertiary/aromatic N) is 11. The lowest BCUT2D eigenvalue weighted by molar-refractivity contribution is -0.137. The molecule has 2 heterocycles. The molecule has 0 aliphatic heterocycles. The molecule has 0 unspecified atom stereocenters. The van der Waals surface area contributed by atoms with E-state index in [1.165, 1.54) is 24.3 Å². The van der Waals surface area contributed by atoms with Crippen LogP contribution in [0.1, 0.15) is 38.9 Å². The summed E-state index contributed by atoms with van der Waals surface area (Å²) in [6.07, 6.45) is -4.82. The van der Waals surface area contributed by atoms with Crippen LogP contribution in [0.2, 0.25) is 0 Å². The highest BCUT2D eigenvalue weighted by molar-refractivity contribution is 6.14. The van der Waals surface area contributed by atoms with Crippen LogP contribution in [0.15, 0.2) is 176 Å². The van der Waals surface area contributed by atoms with E-state index in [0.29, 0.717) is 88.1 Å². The molecule has 0 spiro atoms. The van der Waals surface area contributed by atoms with E-state index in [2.05, 4.69) is 49.7 Å². The number of aryl methyl sites for hydroxylation is 1. The molecule has 392 valence electrons. The third-order valence-corrected chi connectivity index (χ3v) is 15.0. The van der Waals surface area contributed by atoms with Crippen molar-refractivity contribution in [3.63, 3.8) is 0 Å². The smallest absolute Gasteiger partial charge is 0.308 e. The van der Waals surface area contributed by atoms with Crippen LogP contribution in [0.25, 0.3) is 130 Å². The Hall–Kier alpha value is -13.0. The normalized spacial score (nSPS) is 11.0. The Morgan fingerprint density at radius 1 is 0.341 bits per heavy atom. The third-order valence-electron chi connectivity index (χ3n) is 15.0. The van der Waals surface area contributed by atoms with E-state index in [9.17, 15) is 26.3 Å². The van der Waals surface area contributed by atoms with Crippen molar-refractivity contribution in [3.05, 3.63) is 261 Å². The predicted octanol–water partition coefficient (Wildman–Crippen LogP) is 19.1. The van der Waals surface area contributed by atoms with Gasteiger partial charge in [-0.2, -0.15) is 39.5 Å². The molecule has 14 heteroatoms. The zero-order chi connectivity index (χ0) is 59.4. The Balaban J connectivity index is 1.29. The molecule has 0 N–H and O–H groups in total. The molecule has 10 aromatic carbocycles. The molecule has 0 amide bonds. The summed E-state index contributed by atoms with van der Waals surface area (Å²) in [7, 11) is 0. The summed E-state index contributed by atoms with van der Waals surface area (Å²) in [6, 6.07) is 59.6. The fourth-order valence-electron chi connectivity index (χ4n) is 11.3. The zero-order valence-electron chi connectivity index (χ0n) is 44.3. The largest absolute Gasteiger partial charge is 0.416 e. The summed E-state index contributed by atoms with van der Waals surface area (Å²) in [4.78, 5) is 14.5. The van der Waals surface area contributed by atoms with Gasteiger partial charge < -0.3 is 9.13 Å². The molecule has 2 aromatic heterocycles. The van der Waals surface area contributed by atoms with Crippen LogP contribution in [0.3, 0.4) is 0 Å². The van der Waals surface area contributed by atoms with Crippen LogP contribution in [0.5, 0.6) is 0 Å². The van der Waals surface area contributed by atoms with E-state index in [4.69, 9.17) is 26.3 Å². The number of benzene rings is 10. The lowest BCUT2D eigenvalue weighted by atomic mass is 9.94. The van der Waals surface area contributed by atoms with Crippen molar-refractivity contribution in [2.45, 2.75) is 13.1 Å². The Labute approximate surface area is 483 Å². The minimum absolute atomic E-state index is 0.0979. The molecular weight excluding hydrogens is 1060 g/mol. The fourth-order valence-corrected chi connectivity index (χ4v) is 11.3. The maximum atomic E-state index is 15.4. The predicted molar refractivity (Wildman–Crippen MR) is 321 cm³/mol.